The van der Waals surface area contributed by atoms with E-state index >= 15 is 0 Å². The standard InChI is InChI=1S/C22H20N4O3/c1-15(27)25-19-5-2-6-20(12-19)26-22(29)18-9-7-17(8-10-18)21(28)24-14-16-4-3-11-23-13-16/h2-13H,14H2,1H3,(H,24,28)(H,25,27)(H,26,29). The molecule has 146 valence electrons. The maximum absolute atomic E-state index is 12.4. The zero-order chi connectivity index (χ0) is 20.6. The lowest BCUT2D eigenvalue weighted by Gasteiger charge is -2.09. The molecule has 0 spiro atoms. The lowest BCUT2D eigenvalue weighted by molar-refractivity contribution is -0.114. The lowest BCUT2D eigenvalue weighted by Crippen LogP contribution is -2.23. The Bertz CT molecular complexity index is 1020. The van der Waals surface area contributed by atoms with Crippen LogP contribution in [0, 0.1) is 0 Å². The van der Waals surface area contributed by atoms with Gasteiger partial charge in [0.25, 0.3) is 11.8 Å². The molecule has 0 unspecified atom stereocenters. The summed E-state index contributed by atoms with van der Waals surface area (Å²) >= 11 is 0. The number of hydrogen-bond donors (Lipinski definition) is 3. The van der Waals surface area contributed by atoms with E-state index in [2.05, 4.69) is 20.9 Å². The summed E-state index contributed by atoms with van der Waals surface area (Å²) in [6.45, 7) is 1.79. The third-order valence-corrected chi connectivity index (χ3v) is 4.03. The van der Waals surface area contributed by atoms with Gasteiger partial charge in [0.15, 0.2) is 0 Å². The van der Waals surface area contributed by atoms with Crippen molar-refractivity contribution in [2.75, 3.05) is 10.6 Å². The van der Waals surface area contributed by atoms with Crippen LogP contribution in [0.5, 0.6) is 0 Å². The largest absolute Gasteiger partial charge is 0.348 e. The van der Waals surface area contributed by atoms with Gasteiger partial charge in [-0.15, -0.1) is 0 Å². The Labute approximate surface area is 168 Å². The Morgan fingerprint density at radius 1 is 0.828 bits per heavy atom. The summed E-state index contributed by atoms with van der Waals surface area (Å²) in [6.07, 6.45) is 3.36. The summed E-state index contributed by atoms with van der Waals surface area (Å²) in [6, 6.07) is 16.9. The number of aromatic nitrogens is 1. The van der Waals surface area contributed by atoms with Crippen LogP contribution in [-0.2, 0) is 11.3 Å². The molecule has 7 nitrogen and oxygen atoms in total. The highest BCUT2D eigenvalue weighted by molar-refractivity contribution is 6.05. The van der Waals surface area contributed by atoms with E-state index in [0.29, 0.717) is 29.0 Å². The van der Waals surface area contributed by atoms with Gasteiger partial charge in [-0.3, -0.25) is 19.4 Å². The van der Waals surface area contributed by atoms with E-state index in [-0.39, 0.29) is 17.7 Å². The Kier molecular flexibility index (Phi) is 6.32. The monoisotopic (exact) mass is 388 g/mol. The number of nitrogens with zero attached hydrogens (tertiary/aromatic N) is 1. The average molecular weight is 388 g/mol. The van der Waals surface area contributed by atoms with Crippen LogP contribution in [0.25, 0.3) is 0 Å². The van der Waals surface area contributed by atoms with E-state index in [1.807, 2.05) is 6.07 Å². The molecule has 0 fully saturated rings. The number of carbonyl (C=O) groups is 3. The highest BCUT2D eigenvalue weighted by atomic mass is 16.2. The SMILES string of the molecule is CC(=O)Nc1cccc(NC(=O)c2ccc(C(=O)NCc3cccnc3)cc2)c1. The fraction of sp³-hybridized carbons (Fsp3) is 0.0909. The van der Waals surface area contributed by atoms with Gasteiger partial charge in [0.05, 0.1) is 0 Å². The quantitative estimate of drug-likeness (QED) is 0.604. The fourth-order valence-corrected chi connectivity index (χ4v) is 2.64. The minimum Gasteiger partial charge on any atom is -0.348 e. The second-order valence-electron chi connectivity index (χ2n) is 6.34. The van der Waals surface area contributed by atoms with Crippen LogP contribution in [-0.4, -0.2) is 22.7 Å². The van der Waals surface area contributed by atoms with Crippen LogP contribution in [0.15, 0.2) is 73.1 Å². The van der Waals surface area contributed by atoms with Gasteiger partial charge < -0.3 is 16.0 Å². The first-order valence-corrected chi connectivity index (χ1v) is 8.97. The van der Waals surface area contributed by atoms with Gasteiger partial charge in [0, 0.05) is 48.4 Å². The van der Waals surface area contributed by atoms with Crippen molar-refractivity contribution in [1.29, 1.82) is 0 Å². The highest BCUT2D eigenvalue weighted by Gasteiger charge is 2.10. The Hall–Kier alpha value is -4.00. The van der Waals surface area contributed by atoms with Crippen molar-refractivity contribution in [3.63, 3.8) is 0 Å². The molecule has 0 aliphatic heterocycles. The zero-order valence-corrected chi connectivity index (χ0v) is 15.8. The summed E-state index contributed by atoms with van der Waals surface area (Å²) < 4.78 is 0. The molecular weight excluding hydrogens is 368 g/mol. The second-order valence-corrected chi connectivity index (χ2v) is 6.34. The summed E-state index contributed by atoms with van der Waals surface area (Å²) in [4.78, 5) is 39.8. The molecule has 3 aromatic rings. The fourth-order valence-electron chi connectivity index (χ4n) is 2.64. The summed E-state index contributed by atoms with van der Waals surface area (Å²) in [5, 5.41) is 8.24. The topological polar surface area (TPSA) is 100 Å². The molecule has 3 N–H and O–H groups in total. The van der Waals surface area contributed by atoms with Crippen molar-refractivity contribution in [1.82, 2.24) is 10.3 Å². The van der Waals surface area contributed by atoms with Gasteiger partial charge in [0.1, 0.15) is 0 Å². The molecule has 1 heterocycles. The Morgan fingerprint density at radius 2 is 1.48 bits per heavy atom. The Morgan fingerprint density at radius 3 is 2.10 bits per heavy atom. The Balaban J connectivity index is 1.60. The van der Waals surface area contributed by atoms with E-state index in [9.17, 15) is 14.4 Å². The molecule has 0 aliphatic carbocycles. The number of anilines is 2. The molecule has 0 saturated carbocycles. The molecule has 2 aromatic carbocycles. The van der Waals surface area contributed by atoms with E-state index in [1.54, 1.807) is 67.0 Å². The first-order chi connectivity index (χ1) is 14.0. The van der Waals surface area contributed by atoms with Gasteiger partial charge in [-0.25, -0.2) is 0 Å². The van der Waals surface area contributed by atoms with Gasteiger partial charge in [-0.05, 0) is 54.1 Å². The molecular formula is C22H20N4O3. The number of pyridine rings is 1. The summed E-state index contributed by atoms with van der Waals surface area (Å²) in [5.74, 6) is -0.734. The molecule has 0 aliphatic rings. The second kappa shape index (κ2) is 9.27. The van der Waals surface area contributed by atoms with E-state index < -0.39 is 0 Å². The summed E-state index contributed by atoms with van der Waals surface area (Å²) in [7, 11) is 0. The first-order valence-electron chi connectivity index (χ1n) is 8.97. The zero-order valence-electron chi connectivity index (χ0n) is 15.8. The maximum Gasteiger partial charge on any atom is 0.255 e. The van der Waals surface area contributed by atoms with Gasteiger partial charge in [0.2, 0.25) is 5.91 Å². The third-order valence-electron chi connectivity index (χ3n) is 4.03. The van der Waals surface area contributed by atoms with Gasteiger partial charge in [-0.2, -0.15) is 0 Å². The molecule has 0 saturated heterocycles. The molecule has 7 heteroatoms. The predicted octanol–water partition coefficient (Wildman–Crippen LogP) is 3.22. The van der Waals surface area contributed by atoms with E-state index in [1.165, 1.54) is 6.92 Å². The van der Waals surface area contributed by atoms with Gasteiger partial charge >= 0.3 is 0 Å². The van der Waals surface area contributed by atoms with Crippen LogP contribution in [0.3, 0.4) is 0 Å². The third kappa shape index (κ3) is 5.74. The number of amides is 3. The van der Waals surface area contributed by atoms with Crippen LogP contribution in [0.4, 0.5) is 11.4 Å². The van der Waals surface area contributed by atoms with Crippen LogP contribution < -0.4 is 16.0 Å². The lowest BCUT2D eigenvalue weighted by atomic mass is 10.1. The molecule has 0 radical (unpaired) electrons. The normalized spacial score (nSPS) is 10.1. The highest BCUT2D eigenvalue weighted by Crippen LogP contribution is 2.16. The molecule has 1 aromatic heterocycles. The van der Waals surface area contributed by atoms with Crippen molar-refractivity contribution in [3.8, 4) is 0 Å². The number of rotatable bonds is 6. The van der Waals surface area contributed by atoms with Gasteiger partial charge in [-0.1, -0.05) is 12.1 Å². The number of benzene rings is 2. The van der Waals surface area contributed by atoms with Crippen molar-refractivity contribution < 1.29 is 14.4 Å². The maximum atomic E-state index is 12.4. The van der Waals surface area contributed by atoms with Crippen LogP contribution in [0.2, 0.25) is 0 Å². The smallest absolute Gasteiger partial charge is 0.255 e. The predicted molar refractivity (Wildman–Crippen MR) is 111 cm³/mol. The molecule has 0 bridgehead atoms. The molecule has 3 rings (SSSR count). The molecule has 3 amide bonds. The molecule has 29 heavy (non-hydrogen) atoms. The molecule has 0 atom stereocenters. The summed E-state index contributed by atoms with van der Waals surface area (Å²) in [5.41, 5.74) is 2.92. The number of hydrogen-bond acceptors (Lipinski definition) is 4. The van der Waals surface area contributed by atoms with Crippen molar-refractivity contribution in [3.05, 3.63) is 89.7 Å². The number of carbonyl (C=O) groups excluding carboxylic acids is 3. The average Bonchev–Trinajstić information content (AvgIpc) is 2.72. The van der Waals surface area contributed by atoms with Crippen molar-refractivity contribution in [2.24, 2.45) is 0 Å². The number of nitrogens with one attached hydrogen (secondary N) is 3. The van der Waals surface area contributed by atoms with E-state index in [0.717, 1.165) is 5.56 Å². The van der Waals surface area contributed by atoms with E-state index in [4.69, 9.17) is 0 Å². The van der Waals surface area contributed by atoms with Crippen LogP contribution >= 0.6 is 0 Å². The minimum atomic E-state index is -0.313. The van der Waals surface area contributed by atoms with Crippen LogP contribution in [0.1, 0.15) is 33.2 Å². The minimum absolute atomic E-state index is 0.189. The van der Waals surface area contributed by atoms with Crippen molar-refractivity contribution >= 4 is 29.1 Å². The first kappa shape index (κ1) is 19.8. The van der Waals surface area contributed by atoms with Crippen molar-refractivity contribution in [2.45, 2.75) is 13.5 Å².